The Morgan fingerprint density at radius 2 is 2.19 bits per heavy atom. The van der Waals surface area contributed by atoms with Gasteiger partial charge in [0.05, 0.1) is 6.20 Å². The standard InChI is InChI=1S/C21H29N5/c1-22-21(26-11-10-18(15-26)19-13-24-25(2)14-19)23-12-17-8-5-7-16-6-3-4-9-20(16)17/h3-4,6,9,13-14,17-18H,5,7-8,10-12,15H2,1-2H3,(H,22,23). The number of nitrogens with zero attached hydrogens (tertiary/aromatic N) is 4. The van der Waals surface area contributed by atoms with Crippen LogP contribution in [0.2, 0.25) is 0 Å². The minimum Gasteiger partial charge on any atom is -0.356 e. The molecule has 1 N–H and O–H groups in total. The van der Waals surface area contributed by atoms with Crippen LogP contribution in [0.5, 0.6) is 0 Å². The van der Waals surface area contributed by atoms with E-state index in [4.69, 9.17) is 0 Å². The average molecular weight is 351 g/mol. The van der Waals surface area contributed by atoms with Gasteiger partial charge in [0.1, 0.15) is 0 Å². The van der Waals surface area contributed by atoms with Crippen LogP contribution in [0.3, 0.4) is 0 Å². The maximum atomic E-state index is 4.55. The average Bonchev–Trinajstić information content (AvgIpc) is 3.32. The second kappa shape index (κ2) is 7.52. The van der Waals surface area contributed by atoms with Gasteiger partial charge in [0.2, 0.25) is 0 Å². The molecule has 2 aromatic rings. The molecular weight excluding hydrogens is 322 g/mol. The minimum absolute atomic E-state index is 0.553. The van der Waals surface area contributed by atoms with Gasteiger partial charge in [-0.2, -0.15) is 5.10 Å². The molecule has 0 spiro atoms. The summed E-state index contributed by atoms with van der Waals surface area (Å²) < 4.78 is 1.89. The fourth-order valence-corrected chi connectivity index (χ4v) is 4.49. The van der Waals surface area contributed by atoms with Crippen molar-refractivity contribution in [1.29, 1.82) is 0 Å². The number of guanidine groups is 1. The monoisotopic (exact) mass is 351 g/mol. The van der Waals surface area contributed by atoms with Gasteiger partial charge in [0.15, 0.2) is 5.96 Å². The highest BCUT2D eigenvalue weighted by Crippen LogP contribution is 2.31. The molecule has 4 rings (SSSR count). The molecule has 1 aromatic heterocycles. The quantitative estimate of drug-likeness (QED) is 0.683. The van der Waals surface area contributed by atoms with E-state index in [1.165, 1.54) is 42.4 Å². The van der Waals surface area contributed by atoms with Gasteiger partial charge in [0, 0.05) is 51.8 Å². The van der Waals surface area contributed by atoms with Crippen molar-refractivity contribution in [3.05, 3.63) is 53.3 Å². The van der Waals surface area contributed by atoms with Crippen molar-refractivity contribution in [2.24, 2.45) is 12.0 Å². The number of hydrogen-bond donors (Lipinski definition) is 1. The van der Waals surface area contributed by atoms with E-state index in [1.807, 2.05) is 25.0 Å². The van der Waals surface area contributed by atoms with E-state index in [2.05, 4.69) is 50.8 Å². The Balaban J connectivity index is 1.37. The van der Waals surface area contributed by atoms with Crippen molar-refractivity contribution in [2.45, 2.75) is 37.5 Å². The van der Waals surface area contributed by atoms with E-state index >= 15 is 0 Å². The minimum atomic E-state index is 0.553. The molecule has 5 heteroatoms. The Hall–Kier alpha value is -2.30. The van der Waals surface area contributed by atoms with Gasteiger partial charge in [-0.05, 0) is 42.4 Å². The molecule has 2 unspecified atom stereocenters. The number of likely N-dealkylation sites (tertiary alicyclic amines) is 1. The molecule has 1 saturated heterocycles. The molecule has 0 amide bonds. The predicted molar refractivity (Wildman–Crippen MR) is 106 cm³/mol. The molecule has 1 aliphatic carbocycles. The summed E-state index contributed by atoms with van der Waals surface area (Å²) in [6, 6.07) is 8.93. The van der Waals surface area contributed by atoms with Crippen LogP contribution in [0.4, 0.5) is 0 Å². The van der Waals surface area contributed by atoms with Crippen molar-refractivity contribution < 1.29 is 0 Å². The summed E-state index contributed by atoms with van der Waals surface area (Å²) in [7, 11) is 3.88. The third-order valence-corrected chi connectivity index (χ3v) is 5.90. The third-order valence-electron chi connectivity index (χ3n) is 5.90. The lowest BCUT2D eigenvalue weighted by Crippen LogP contribution is -2.42. The zero-order valence-electron chi connectivity index (χ0n) is 15.9. The van der Waals surface area contributed by atoms with Gasteiger partial charge >= 0.3 is 0 Å². The predicted octanol–water partition coefficient (Wildman–Crippen LogP) is 2.90. The lowest BCUT2D eigenvalue weighted by molar-refractivity contribution is 0.470. The number of benzene rings is 1. The second-order valence-corrected chi connectivity index (χ2v) is 7.60. The van der Waals surface area contributed by atoms with Gasteiger partial charge in [-0.1, -0.05) is 24.3 Å². The number of rotatable bonds is 3. The molecule has 1 aliphatic heterocycles. The summed E-state index contributed by atoms with van der Waals surface area (Å²) in [5.74, 6) is 2.19. The summed E-state index contributed by atoms with van der Waals surface area (Å²) in [5, 5.41) is 7.98. The first-order chi connectivity index (χ1) is 12.7. The molecule has 26 heavy (non-hydrogen) atoms. The second-order valence-electron chi connectivity index (χ2n) is 7.60. The van der Waals surface area contributed by atoms with Gasteiger partial charge in [-0.15, -0.1) is 0 Å². The molecule has 0 radical (unpaired) electrons. The first kappa shape index (κ1) is 17.1. The molecule has 0 saturated carbocycles. The van der Waals surface area contributed by atoms with Crippen LogP contribution in [-0.2, 0) is 13.5 Å². The Kier molecular flexibility index (Phi) is 4.96. The highest BCUT2D eigenvalue weighted by molar-refractivity contribution is 5.80. The van der Waals surface area contributed by atoms with Crippen molar-refractivity contribution >= 4 is 5.96 Å². The Morgan fingerprint density at radius 1 is 1.31 bits per heavy atom. The van der Waals surface area contributed by atoms with Crippen LogP contribution >= 0.6 is 0 Å². The molecule has 1 aromatic carbocycles. The number of aromatic nitrogens is 2. The highest BCUT2D eigenvalue weighted by Gasteiger charge is 2.27. The lowest BCUT2D eigenvalue weighted by Gasteiger charge is -2.28. The summed E-state index contributed by atoms with van der Waals surface area (Å²) >= 11 is 0. The van der Waals surface area contributed by atoms with Crippen molar-refractivity contribution in [3.63, 3.8) is 0 Å². The number of aryl methyl sites for hydroxylation is 2. The first-order valence-electron chi connectivity index (χ1n) is 9.76. The molecule has 1 fully saturated rings. The van der Waals surface area contributed by atoms with Gasteiger partial charge in [0.25, 0.3) is 0 Å². The first-order valence-corrected chi connectivity index (χ1v) is 9.76. The molecular formula is C21H29N5. The summed E-state index contributed by atoms with van der Waals surface area (Å²) in [6.07, 6.45) is 9.08. The van der Waals surface area contributed by atoms with E-state index in [1.54, 1.807) is 0 Å². The number of nitrogens with one attached hydrogen (secondary N) is 1. The SMILES string of the molecule is CN=C(NCC1CCCc2ccccc21)N1CCC(c2cnn(C)c2)C1. The van der Waals surface area contributed by atoms with Crippen LogP contribution in [0, 0.1) is 0 Å². The van der Waals surface area contributed by atoms with E-state index in [0.717, 1.165) is 25.6 Å². The van der Waals surface area contributed by atoms with E-state index in [0.29, 0.717) is 11.8 Å². The van der Waals surface area contributed by atoms with Crippen molar-refractivity contribution in [3.8, 4) is 0 Å². The van der Waals surface area contributed by atoms with Crippen molar-refractivity contribution in [2.75, 3.05) is 26.7 Å². The highest BCUT2D eigenvalue weighted by atomic mass is 15.3. The molecule has 2 atom stereocenters. The summed E-state index contributed by atoms with van der Waals surface area (Å²) in [5.41, 5.74) is 4.39. The van der Waals surface area contributed by atoms with E-state index in [-0.39, 0.29) is 0 Å². The van der Waals surface area contributed by atoms with Crippen LogP contribution in [0.1, 0.15) is 47.8 Å². The molecule has 138 valence electrons. The third kappa shape index (κ3) is 3.48. The number of fused-ring (bicyclic) bond motifs is 1. The topological polar surface area (TPSA) is 45.5 Å². The number of hydrogen-bond acceptors (Lipinski definition) is 2. The maximum absolute atomic E-state index is 4.55. The molecule has 2 heterocycles. The van der Waals surface area contributed by atoms with Crippen LogP contribution in [0.15, 0.2) is 41.7 Å². The zero-order valence-corrected chi connectivity index (χ0v) is 15.9. The molecule has 0 bridgehead atoms. The van der Waals surface area contributed by atoms with E-state index in [9.17, 15) is 0 Å². The lowest BCUT2D eigenvalue weighted by atomic mass is 9.83. The maximum Gasteiger partial charge on any atom is 0.193 e. The van der Waals surface area contributed by atoms with Crippen LogP contribution in [0.25, 0.3) is 0 Å². The number of aliphatic imine (C=N–C) groups is 1. The summed E-state index contributed by atoms with van der Waals surface area (Å²) in [6.45, 7) is 3.05. The zero-order chi connectivity index (χ0) is 17.9. The normalized spacial score (nSPS) is 23.2. The van der Waals surface area contributed by atoms with E-state index < -0.39 is 0 Å². The molecule has 5 nitrogen and oxygen atoms in total. The smallest absolute Gasteiger partial charge is 0.193 e. The Labute approximate surface area is 156 Å². The fourth-order valence-electron chi connectivity index (χ4n) is 4.49. The van der Waals surface area contributed by atoms with Gasteiger partial charge in [-0.25, -0.2) is 0 Å². The Morgan fingerprint density at radius 3 is 3.00 bits per heavy atom. The van der Waals surface area contributed by atoms with Gasteiger partial charge in [-0.3, -0.25) is 9.67 Å². The van der Waals surface area contributed by atoms with Crippen molar-refractivity contribution in [1.82, 2.24) is 20.0 Å². The summed E-state index contributed by atoms with van der Waals surface area (Å²) in [4.78, 5) is 6.95. The van der Waals surface area contributed by atoms with Crippen LogP contribution < -0.4 is 5.32 Å². The largest absolute Gasteiger partial charge is 0.356 e. The molecule has 2 aliphatic rings. The van der Waals surface area contributed by atoms with Crippen LogP contribution in [-0.4, -0.2) is 47.3 Å². The van der Waals surface area contributed by atoms with Gasteiger partial charge < -0.3 is 10.2 Å². The fraction of sp³-hybridized carbons (Fsp3) is 0.524. The Bertz CT molecular complexity index is 778.